The SMILES string of the molecule is C=CCn1c(CCCOc2ccc(CC)cc2)n[nH]c1=S. The molecule has 0 saturated heterocycles. The fourth-order valence-corrected chi connectivity index (χ4v) is 2.33. The van der Waals surface area contributed by atoms with Crippen LogP contribution in [0, 0.1) is 4.77 Å². The van der Waals surface area contributed by atoms with Crippen molar-refractivity contribution in [2.24, 2.45) is 0 Å². The van der Waals surface area contributed by atoms with E-state index in [2.05, 4.69) is 35.8 Å². The van der Waals surface area contributed by atoms with Gasteiger partial charge in [0.2, 0.25) is 0 Å². The molecule has 0 atom stereocenters. The fraction of sp³-hybridized carbons (Fsp3) is 0.375. The number of rotatable bonds is 8. The Morgan fingerprint density at radius 1 is 1.38 bits per heavy atom. The number of aryl methyl sites for hydroxylation is 2. The quantitative estimate of drug-likeness (QED) is 0.459. The van der Waals surface area contributed by atoms with E-state index in [0.717, 1.165) is 30.8 Å². The van der Waals surface area contributed by atoms with Crippen LogP contribution in [-0.2, 0) is 19.4 Å². The van der Waals surface area contributed by atoms with Crippen molar-refractivity contribution < 1.29 is 4.74 Å². The van der Waals surface area contributed by atoms with E-state index in [1.165, 1.54) is 5.56 Å². The van der Waals surface area contributed by atoms with E-state index in [9.17, 15) is 0 Å². The van der Waals surface area contributed by atoms with Gasteiger partial charge in [0.25, 0.3) is 0 Å². The van der Waals surface area contributed by atoms with Crippen LogP contribution in [0.3, 0.4) is 0 Å². The Morgan fingerprint density at radius 3 is 2.81 bits per heavy atom. The highest BCUT2D eigenvalue weighted by Gasteiger charge is 2.04. The van der Waals surface area contributed by atoms with Crippen LogP contribution in [0.15, 0.2) is 36.9 Å². The number of hydrogen-bond donors (Lipinski definition) is 1. The van der Waals surface area contributed by atoms with Gasteiger partial charge < -0.3 is 9.30 Å². The Morgan fingerprint density at radius 2 is 2.14 bits per heavy atom. The van der Waals surface area contributed by atoms with Crippen LogP contribution in [0.25, 0.3) is 0 Å². The maximum atomic E-state index is 5.74. The minimum Gasteiger partial charge on any atom is -0.494 e. The zero-order valence-corrected chi connectivity index (χ0v) is 13.2. The van der Waals surface area contributed by atoms with Crippen LogP contribution in [-0.4, -0.2) is 21.4 Å². The lowest BCUT2D eigenvalue weighted by Gasteiger charge is -2.07. The maximum Gasteiger partial charge on any atom is 0.195 e. The van der Waals surface area contributed by atoms with Gasteiger partial charge in [0.15, 0.2) is 4.77 Å². The van der Waals surface area contributed by atoms with Crippen LogP contribution in [0.1, 0.15) is 24.7 Å². The molecule has 0 saturated carbocycles. The third-order valence-electron chi connectivity index (χ3n) is 3.29. The molecule has 21 heavy (non-hydrogen) atoms. The minimum atomic E-state index is 0.640. The van der Waals surface area contributed by atoms with E-state index in [0.29, 0.717) is 17.9 Å². The molecule has 0 aliphatic rings. The first kappa shape index (κ1) is 15.5. The summed E-state index contributed by atoms with van der Waals surface area (Å²) < 4.78 is 8.34. The van der Waals surface area contributed by atoms with Crippen LogP contribution >= 0.6 is 12.2 Å². The second-order valence-corrected chi connectivity index (χ2v) is 5.18. The largest absolute Gasteiger partial charge is 0.494 e. The summed E-state index contributed by atoms with van der Waals surface area (Å²) in [5, 5.41) is 7.06. The highest BCUT2D eigenvalue weighted by atomic mass is 32.1. The topological polar surface area (TPSA) is 42.8 Å². The molecule has 0 fully saturated rings. The van der Waals surface area contributed by atoms with Gasteiger partial charge in [0.05, 0.1) is 6.61 Å². The number of nitrogens with one attached hydrogen (secondary N) is 1. The molecule has 0 radical (unpaired) electrons. The van der Waals surface area contributed by atoms with Crippen molar-refractivity contribution in [1.29, 1.82) is 0 Å². The van der Waals surface area contributed by atoms with Crippen LogP contribution in [0.4, 0.5) is 0 Å². The van der Waals surface area contributed by atoms with E-state index in [-0.39, 0.29) is 0 Å². The summed E-state index contributed by atoms with van der Waals surface area (Å²) in [6, 6.07) is 8.24. The van der Waals surface area contributed by atoms with Crippen molar-refractivity contribution in [3.63, 3.8) is 0 Å². The van der Waals surface area contributed by atoms with Crippen LogP contribution in [0.5, 0.6) is 5.75 Å². The smallest absolute Gasteiger partial charge is 0.195 e. The molecule has 0 amide bonds. The van der Waals surface area contributed by atoms with Crippen LogP contribution in [0.2, 0.25) is 0 Å². The number of aromatic amines is 1. The Hall–Kier alpha value is -1.88. The van der Waals surface area contributed by atoms with Gasteiger partial charge in [0, 0.05) is 13.0 Å². The summed E-state index contributed by atoms with van der Waals surface area (Å²) in [5.41, 5.74) is 1.32. The first-order valence-electron chi connectivity index (χ1n) is 7.21. The second kappa shape index (κ2) is 7.78. The van der Waals surface area contributed by atoms with Crippen LogP contribution < -0.4 is 4.74 Å². The molecule has 0 aliphatic carbocycles. The van der Waals surface area contributed by atoms with Crippen molar-refractivity contribution >= 4 is 12.2 Å². The van der Waals surface area contributed by atoms with E-state index in [1.54, 1.807) is 0 Å². The molecular weight excluding hydrogens is 282 g/mol. The summed E-state index contributed by atoms with van der Waals surface area (Å²) in [7, 11) is 0. The number of hydrogen-bond acceptors (Lipinski definition) is 3. The van der Waals surface area contributed by atoms with Gasteiger partial charge >= 0.3 is 0 Å². The van der Waals surface area contributed by atoms with E-state index in [4.69, 9.17) is 17.0 Å². The molecule has 2 rings (SSSR count). The van der Waals surface area contributed by atoms with Gasteiger partial charge in [-0.15, -0.1) is 6.58 Å². The molecule has 2 aromatic rings. The molecule has 5 heteroatoms. The molecular formula is C16H21N3OS. The van der Waals surface area contributed by atoms with Crippen molar-refractivity contribution in [1.82, 2.24) is 14.8 Å². The Kier molecular flexibility index (Phi) is 5.75. The molecule has 0 bridgehead atoms. The monoisotopic (exact) mass is 303 g/mol. The van der Waals surface area contributed by atoms with Gasteiger partial charge in [-0.2, -0.15) is 5.10 Å². The average molecular weight is 303 g/mol. The first-order valence-corrected chi connectivity index (χ1v) is 7.62. The number of nitrogens with zero attached hydrogens (tertiary/aromatic N) is 2. The first-order chi connectivity index (χ1) is 10.2. The van der Waals surface area contributed by atoms with Gasteiger partial charge in [-0.1, -0.05) is 25.1 Å². The van der Waals surface area contributed by atoms with E-state index in [1.807, 2.05) is 22.8 Å². The summed E-state index contributed by atoms with van der Waals surface area (Å²) in [4.78, 5) is 0. The predicted molar refractivity (Wildman–Crippen MR) is 87.2 cm³/mol. The van der Waals surface area contributed by atoms with E-state index >= 15 is 0 Å². The molecule has 0 aliphatic heterocycles. The Balaban J connectivity index is 1.81. The summed E-state index contributed by atoms with van der Waals surface area (Å²) >= 11 is 5.18. The van der Waals surface area contributed by atoms with Gasteiger partial charge in [-0.05, 0) is 42.8 Å². The van der Waals surface area contributed by atoms with Crippen molar-refractivity contribution in [2.45, 2.75) is 32.7 Å². The highest BCUT2D eigenvalue weighted by Crippen LogP contribution is 2.13. The molecule has 1 aromatic carbocycles. The average Bonchev–Trinajstić information content (AvgIpc) is 2.86. The molecule has 112 valence electrons. The zero-order valence-electron chi connectivity index (χ0n) is 12.3. The summed E-state index contributed by atoms with van der Waals surface area (Å²) in [5.74, 6) is 1.86. The number of allylic oxidation sites excluding steroid dienone is 1. The maximum absolute atomic E-state index is 5.74. The molecule has 4 nitrogen and oxygen atoms in total. The number of ether oxygens (including phenoxy) is 1. The lowest BCUT2D eigenvalue weighted by Crippen LogP contribution is -2.06. The van der Waals surface area contributed by atoms with Gasteiger partial charge in [-0.25, -0.2) is 0 Å². The molecule has 1 heterocycles. The lowest BCUT2D eigenvalue weighted by molar-refractivity contribution is 0.309. The molecule has 0 unspecified atom stereocenters. The summed E-state index contributed by atoms with van der Waals surface area (Å²) in [6.07, 6.45) is 4.59. The number of H-pyrrole nitrogens is 1. The zero-order chi connectivity index (χ0) is 15.1. The molecule has 1 aromatic heterocycles. The van der Waals surface area contributed by atoms with E-state index < -0.39 is 0 Å². The molecule has 0 spiro atoms. The number of aromatic nitrogens is 3. The van der Waals surface area contributed by atoms with Gasteiger partial charge in [-0.3, -0.25) is 5.10 Å². The fourth-order valence-electron chi connectivity index (χ4n) is 2.10. The van der Waals surface area contributed by atoms with Crippen molar-refractivity contribution in [3.8, 4) is 5.75 Å². The third-order valence-corrected chi connectivity index (χ3v) is 3.61. The molecule has 1 N–H and O–H groups in total. The second-order valence-electron chi connectivity index (χ2n) is 4.79. The predicted octanol–water partition coefficient (Wildman–Crippen LogP) is 3.70. The van der Waals surface area contributed by atoms with Crippen molar-refractivity contribution in [2.75, 3.05) is 6.61 Å². The Labute approximate surface area is 130 Å². The minimum absolute atomic E-state index is 0.640. The normalized spacial score (nSPS) is 10.5. The number of benzene rings is 1. The van der Waals surface area contributed by atoms with Crippen molar-refractivity contribution in [3.05, 3.63) is 53.1 Å². The lowest BCUT2D eigenvalue weighted by atomic mass is 10.2. The third kappa shape index (κ3) is 4.29. The summed E-state index contributed by atoms with van der Waals surface area (Å²) in [6.45, 7) is 7.23. The van der Waals surface area contributed by atoms with Gasteiger partial charge in [0.1, 0.15) is 11.6 Å². The highest BCUT2D eigenvalue weighted by molar-refractivity contribution is 7.71. The Bertz CT molecular complexity index is 628. The standard InChI is InChI=1S/C16H21N3OS/c1-3-11-19-15(17-18-16(19)21)6-5-12-20-14-9-7-13(4-2)8-10-14/h3,7-10H,1,4-6,11-12H2,2H3,(H,18,21).